The molecule has 122 valence electrons. The third-order valence-electron chi connectivity index (χ3n) is 4.35. The summed E-state index contributed by atoms with van der Waals surface area (Å²) in [6, 6.07) is 21.1. The predicted octanol–water partition coefficient (Wildman–Crippen LogP) is 1.66. The summed E-state index contributed by atoms with van der Waals surface area (Å²) in [7, 11) is 0. The second kappa shape index (κ2) is 8.22. The minimum atomic E-state index is 0.0381. The van der Waals surface area contributed by atoms with Crippen molar-refractivity contribution in [2.75, 3.05) is 13.2 Å². The highest BCUT2D eigenvalue weighted by Crippen LogP contribution is 2.10. The van der Waals surface area contributed by atoms with E-state index in [9.17, 15) is 0 Å². The molecule has 0 aromatic heterocycles. The minimum absolute atomic E-state index is 0.0381. The average molecular weight is 311 g/mol. The first kappa shape index (κ1) is 16.1. The zero-order valence-electron chi connectivity index (χ0n) is 13.3. The second-order valence-electron chi connectivity index (χ2n) is 6.06. The second-order valence-corrected chi connectivity index (χ2v) is 6.06. The van der Waals surface area contributed by atoms with E-state index in [0.29, 0.717) is 13.2 Å². The fraction of sp³-hybridized carbons (Fsp3) is 0.368. The third-order valence-corrected chi connectivity index (χ3v) is 4.35. The van der Waals surface area contributed by atoms with Gasteiger partial charge in [-0.3, -0.25) is 0 Å². The van der Waals surface area contributed by atoms with E-state index < -0.39 is 0 Å². The molecule has 0 amide bonds. The van der Waals surface area contributed by atoms with E-state index in [0.717, 1.165) is 13.1 Å². The molecule has 0 saturated carbocycles. The quantitative estimate of drug-likeness (QED) is 0.759. The van der Waals surface area contributed by atoms with Gasteiger partial charge in [0.05, 0.1) is 13.2 Å². The molecule has 4 heteroatoms. The number of rotatable bonds is 6. The van der Waals surface area contributed by atoms with Crippen LogP contribution in [-0.4, -0.2) is 31.3 Å². The molecular weight excluding hydrogens is 286 g/mol. The van der Waals surface area contributed by atoms with E-state index in [4.69, 9.17) is 10.5 Å². The molecule has 1 fully saturated rings. The van der Waals surface area contributed by atoms with Gasteiger partial charge in [0.25, 0.3) is 0 Å². The van der Waals surface area contributed by atoms with Gasteiger partial charge in [-0.25, -0.2) is 0 Å². The lowest BCUT2D eigenvalue weighted by Crippen LogP contribution is -2.62. The average Bonchev–Trinajstić information content (AvgIpc) is 2.61. The van der Waals surface area contributed by atoms with Crippen molar-refractivity contribution in [1.82, 2.24) is 10.6 Å². The van der Waals surface area contributed by atoms with E-state index in [2.05, 4.69) is 59.2 Å². The van der Waals surface area contributed by atoms with E-state index in [1.165, 1.54) is 11.1 Å². The molecule has 0 radical (unpaired) electrons. The summed E-state index contributed by atoms with van der Waals surface area (Å²) in [6.45, 7) is 2.96. The molecule has 1 aliphatic heterocycles. The molecule has 23 heavy (non-hydrogen) atoms. The van der Waals surface area contributed by atoms with Gasteiger partial charge in [0.1, 0.15) is 0 Å². The molecule has 3 rings (SSSR count). The summed E-state index contributed by atoms with van der Waals surface area (Å²) < 4.78 is 5.74. The van der Waals surface area contributed by atoms with E-state index in [1.54, 1.807) is 0 Å². The molecule has 4 nitrogen and oxygen atoms in total. The van der Waals surface area contributed by atoms with Crippen LogP contribution in [0.15, 0.2) is 60.7 Å². The standard InChI is InChI=1S/C19H25N3O/c20-19-17(21-11-15-7-3-1-4-8-15)13-23-14-18(19)22-12-16-9-5-2-6-10-16/h1-10,17-19,21-22H,11-14,20H2/t17-,18+,19+. The molecule has 1 saturated heterocycles. The van der Waals surface area contributed by atoms with Crippen molar-refractivity contribution < 1.29 is 4.74 Å². The maximum atomic E-state index is 6.45. The number of nitrogens with two attached hydrogens (primary N) is 1. The van der Waals surface area contributed by atoms with Crippen LogP contribution in [0.4, 0.5) is 0 Å². The van der Waals surface area contributed by atoms with Crippen LogP contribution in [-0.2, 0) is 17.8 Å². The Hall–Kier alpha value is -1.72. The van der Waals surface area contributed by atoms with Gasteiger partial charge in [0.15, 0.2) is 0 Å². The lowest BCUT2D eigenvalue weighted by molar-refractivity contribution is 0.0321. The summed E-state index contributed by atoms with van der Waals surface area (Å²) in [5.74, 6) is 0. The smallest absolute Gasteiger partial charge is 0.0636 e. The molecule has 2 aromatic carbocycles. The largest absolute Gasteiger partial charge is 0.378 e. The number of benzene rings is 2. The van der Waals surface area contributed by atoms with Gasteiger partial charge in [-0.1, -0.05) is 60.7 Å². The maximum Gasteiger partial charge on any atom is 0.0636 e. The molecule has 0 bridgehead atoms. The van der Waals surface area contributed by atoms with Crippen LogP contribution in [0.1, 0.15) is 11.1 Å². The van der Waals surface area contributed by atoms with Crippen LogP contribution in [0.2, 0.25) is 0 Å². The zero-order valence-corrected chi connectivity index (χ0v) is 13.3. The molecule has 0 unspecified atom stereocenters. The minimum Gasteiger partial charge on any atom is -0.378 e. The molecule has 0 spiro atoms. The first-order chi connectivity index (χ1) is 11.3. The van der Waals surface area contributed by atoms with Gasteiger partial charge in [-0.2, -0.15) is 0 Å². The molecular formula is C19H25N3O. The number of hydrogen-bond donors (Lipinski definition) is 3. The Kier molecular flexibility index (Phi) is 5.77. The van der Waals surface area contributed by atoms with Crippen molar-refractivity contribution in [3.05, 3.63) is 71.8 Å². The summed E-state index contributed by atoms with van der Waals surface area (Å²) in [4.78, 5) is 0. The molecule has 4 N–H and O–H groups in total. The van der Waals surface area contributed by atoms with Crippen LogP contribution in [0.3, 0.4) is 0 Å². The first-order valence-electron chi connectivity index (χ1n) is 8.21. The highest BCUT2D eigenvalue weighted by Gasteiger charge is 2.30. The van der Waals surface area contributed by atoms with E-state index in [-0.39, 0.29) is 18.1 Å². The molecule has 1 heterocycles. The van der Waals surface area contributed by atoms with Crippen LogP contribution >= 0.6 is 0 Å². The van der Waals surface area contributed by atoms with Gasteiger partial charge in [-0.05, 0) is 11.1 Å². The van der Waals surface area contributed by atoms with Gasteiger partial charge < -0.3 is 21.1 Å². The van der Waals surface area contributed by atoms with E-state index >= 15 is 0 Å². The van der Waals surface area contributed by atoms with Crippen molar-refractivity contribution in [3.8, 4) is 0 Å². The van der Waals surface area contributed by atoms with Crippen molar-refractivity contribution >= 4 is 0 Å². The summed E-state index contributed by atoms with van der Waals surface area (Å²) in [5, 5.41) is 7.05. The van der Waals surface area contributed by atoms with Crippen molar-refractivity contribution in [2.45, 2.75) is 31.2 Å². The highest BCUT2D eigenvalue weighted by molar-refractivity contribution is 5.15. The molecule has 2 aromatic rings. The number of ether oxygens (including phenoxy) is 1. The Bertz CT molecular complexity index is 524. The fourth-order valence-corrected chi connectivity index (χ4v) is 2.90. The van der Waals surface area contributed by atoms with Gasteiger partial charge in [0.2, 0.25) is 0 Å². The Balaban J connectivity index is 1.50. The fourth-order valence-electron chi connectivity index (χ4n) is 2.90. The first-order valence-corrected chi connectivity index (χ1v) is 8.21. The molecule has 1 aliphatic rings. The van der Waals surface area contributed by atoms with Gasteiger partial charge in [-0.15, -0.1) is 0 Å². The van der Waals surface area contributed by atoms with E-state index in [1.807, 2.05) is 12.1 Å². The van der Waals surface area contributed by atoms with Crippen LogP contribution in [0.5, 0.6) is 0 Å². The highest BCUT2D eigenvalue weighted by atomic mass is 16.5. The number of nitrogens with one attached hydrogen (secondary N) is 2. The molecule has 3 atom stereocenters. The monoisotopic (exact) mass is 311 g/mol. The van der Waals surface area contributed by atoms with Gasteiger partial charge in [0, 0.05) is 31.2 Å². The lowest BCUT2D eigenvalue weighted by atomic mass is 9.98. The number of hydrogen-bond acceptors (Lipinski definition) is 4. The SMILES string of the molecule is N[C@@H]1[C@@H](NCc2ccccc2)COC[C@H]1NCc1ccccc1. The maximum absolute atomic E-state index is 6.45. The van der Waals surface area contributed by atoms with Crippen LogP contribution in [0.25, 0.3) is 0 Å². The van der Waals surface area contributed by atoms with Crippen molar-refractivity contribution in [2.24, 2.45) is 5.73 Å². The Morgan fingerprint density at radius 3 is 1.65 bits per heavy atom. The summed E-state index contributed by atoms with van der Waals surface area (Å²) >= 11 is 0. The van der Waals surface area contributed by atoms with Crippen molar-refractivity contribution in [3.63, 3.8) is 0 Å². The summed E-state index contributed by atoms with van der Waals surface area (Å²) in [6.07, 6.45) is 0. The Morgan fingerprint density at radius 2 is 1.22 bits per heavy atom. The summed E-state index contributed by atoms with van der Waals surface area (Å²) in [5.41, 5.74) is 8.97. The Morgan fingerprint density at radius 1 is 0.783 bits per heavy atom. The third kappa shape index (κ3) is 4.62. The predicted molar refractivity (Wildman–Crippen MR) is 92.9 cm³/mol. The molecule has 0 aliphatic carbocycles. The van der Waals surface area contributed by atoms with Crippen LogP contribution < -0.4 is 16.4 Å². The Labute approximate surface area is 138 Å². The van der Waals surface area contributed by atoms with Crippen LogP contribution in [0, 0.1) is 0 Å². The zero-order chi connectivity index (χ0) is 15.9. The normalized spacial score (nSPS) is 24.5. The lowest BCUT2D eigenvalue weighted by Gasteiger charge is -2.37. The van der Waals surface area contributed by atoms with Crippen molar-refractivity contribution in [1.29, 1.82) is 0 Å². The van der Waals surface area contributed by atoms with Gasteiger partial charge >= 0.3 is 0 Å². The topological polar surface area (TPSA) is 59.3 Å².